The first-order chi connectivity index (χ1) is 19.0. The summed E-state index contributed by atoms with van der Waals surface area (Å²) in [7, 11) is 10.7. The number of aromatic nitrogens is 1. The van der Waals surface area contributed by atoms with E-state index in [0.717, 1.165) is 16.7 Å². The van der Waals surface area contributed by atoms with Gasteiger partial charge in [-0.1, -0.05) is 78.0 Å². The van der Waals surface area contributed by atoms with Gasteiger partial charge in [-0.15, -0.1) is 0 Å². The van der Waals surface area contributed by atoms with Crippen LogP contribution in [0.15, 0.2) is 77.3 Å². The summed E-state index contributed by atoms with van der Waals surface area (Å²) >= 11 is 0. The van der Waals surface area contributed by atoms with Gasteiger partial charge in [0.25, 0.3) is 0 Å². The van der Waals surface area contributed by atoms with Crippen LogP contribution in [0, 0.1) is 6.92 Å². The Balaban J connectivity index is 1.29. The minimum atomic E-state index is -2.51. The lowest BCUT2D eigenvalue weighted by atomic mass is 9.63. The van der Waals surface area contributed by atoms with E-state index < -0.39 is 29.0 Å². The third kappa shape index (κ3) is 5.39. The number of aliphatic carboxylic acids is 1. The molecule has 0 bridgehead atoms. The molecule has 1 aromatic heterocycles. The Kier molecular flexibility index (Phi) is 7.04. The molecule has 0 saturated heterocycles. The van der Waals surface area contributed by atoms with Crippen LogP contribution in [0.4, 0.5) is 14.9 Å². The van der Waals surface area contributed by atoms with Crippen LogP contribution in [0.25, 0.3) is 22.5 Å². The molecule has 4 radical (unpaired) electrons. The number of carbonyl (C=O) groups excluding carboxylic acids is 1. The van der Waals surface area contributed by atoms with Crippen molar-refractivity contribution in [2.75, 3.05) is 5.32 Å². The van der Waals surface area contributed by atoms with E-state index >= 15 is 0 Å². The Morgan fingerprint density at radius 2 is 1.65 bits per heavy atom. The van der Waals surface area contributed by atoms with Gasteiger partial charge in [-0.25, -0.2) is 4.79 Å². The second-order valence-electron chi connectivity index (χ2n) is 10.1. The zero-order valence-corrected chi connectivity index (χ0v) is 22.0. The highest BCUT2D eigenvalue weighted by Crippen LogP contribution is 2.48. The first kappa shape index (κ1) is 27.2. The molecule has 1 fully saturated rings. The van der Waals surface area contributed by atoms with Crippen molar-refractivity contribution >= 4 is 33.4 Å². The van der Waals surface area contributed by atoms with Gasteiger partial charge in [0.05, 0.1) is 10.9 Å². The van der Waals surface area contributed by atoms with E-state index in [2.05, 4.69) is 10.5 Å². The first-order valence-electron chi connectivity index (χ1n) is 12.7. The maximum Gasteiger partial charge on any atom is 0.412 e. The van der Waals surface area contributed by atoms with Crippen molar-refractivity contribution in [2.45, 2.75) is 43.7 Å². The highest BCUT2D eigenvalue weighted by molar-refractivity contribution is 6.38. The van der Waals surface area contributed by atoms with Crippen LogP contribution >= 0.6 is 0 Å². The summed E-state index contributed by atoms with van der Waals surface area (Å²) in [6.07, 6.45) is -0.151. The number of ether oxygens (including phenoxy) is 1. The van der Waals surface area contributed by atoms with Crippen molar-refractivity contribution in [3.05, 3.63) is 95.2 Å². The van der Waals surface area contributed by atoms with Crippen LogP contribution in [-0.2, 0) is 20.4 Å². The fourth-order valence-corrected chi connectivity index (χ4v) is 4.65. The molecular weight excluding hydrogens is 509 g/mol. The van der Waals surface area contributed by atoms with Gasteiger partial charge in [-0.05, 0) is 54.5 Å². The summed E-state index contributed by atoms with van der Waals surface area (Å²) in [5, 5.41) is 16.2. The van der Waals surface area contributed by atoms with Crippen molar-refractivity contribution < 1.29 is 28.3 Å². The molecule has 0 aliphatic heterocycles. The monoisotopic (exact) mass is 534 g/mol. The lowest BCUT2D eigenvalue weighted by Crippen LogP contribution is -2.21. The molecule has 0 spiro atoms. The fraction of sp³-hybridized carbons (Fsp3) is 0.233. The van der Waals surface area contributed by atoms with Gasteiger partial charge in [0.15, 0.2) is 5.76 Å². The minimum absolute atomic E-state index is 0.0597. The van der Waals surface area contributed by atoms with E-state index in [4.69, 9.17) is 25.0 Å². The number of benzene rings is 3. The van der Waals surface area contributed by atoms with E-state index in [1.165, 1.54) is 12.1 Å². The molecule has 1 atom stereocenters. The Morgan fingerprint density at radius 1 is 1.05 bits per heavy atom. The Hall–Kier alpha value is -4.33. The molecule has 1 amide bonds. The second-order valence-corrected chi connectivity index (χ2v) is 10.1. The quantitative estimate of drug-likeness (QED) is 0.263. The van der Waals surface area contributed by atoms with Gasteiger partial charge >= 0.3 is 12.1 Å². The van der Waals surface area contributed by atoms with Gasteiger partial charge in [0.2, 0.25) is 0 Å². The molecule has 5 rings (SSSR count). The van der Waals surface area contributed by atoms with E-state index in [-0.39, 0.29) is 5.56 Å². The first-order valence-corrected chi connectivity index (χ1v) is 12.7. The maximum atomic E-state index is 13.9. The number of nitrogens with one attached hydrogen (secondary N) is 1. The Morgan fingerprint density at radius 3 is 2.23 bits per heavy atom. The van der Waals surface area contributed by atoms with Crippen LogP contribution in [-0.4, -0.2) is 38.0 Å². The highest BCUT2D eigenvalue weighted by Gasteiger charge is 2.51. The standard InChI is InChI=1S/C30H25B2FN2O5/c1-17-25(34-28(38)39-18(2)22-4-3-5-24(16-22)30(31,32)33)26(40-35-17)21-8-6-19(7-9-21)20-10-12-23(13-11-20)29(14-15-29)27(36)37/h3-13,16,18H,14-15H2,1-2H3,(H,34,38)(H,36,37)/t18-/m1/s1. The second kappa shape index (κ2) is 10.3. The molecule has 7 nitrogen and oxygen atoms in total. The number of alkyl halides is 1. The molecule has 10 heteroatoms. The number of aryl methyl sites for hydroxylation is 1. The third-order valence-electron chi connectivity index (χ3n) is 7.25. The largest absolute Gasteiger partial charge is 0.481 e. The summed E-state index contributed by atoms with van der Waals surface area (Å²) in [6, 6.07) is 21.2. The molecule has 2 N–H and O–H groups in total. The van der Waals surface area contributed by atoms with Gasteiger partial charge < -0.3 is 14.4 Å². The van der Waals surface area contributed by atoms with Gasteiger partial charge in [-0.3, -0.25) is 14.5 Å². The summed E-state index contributed by atoms with van der Waals surface area (Å²) < 4.78 is 24.9. The number of hydrogen-bond donors (Lipinski definition) is 2. The molecule has 4 aromatic rings. The molecule has 40 heavy (non-hydrogen) atoms. The highest BCUT2D eigenvalue weighted by atomic mass is 19.1. The number of halogens is 1. The predicted octanol–water partition coefficient (Wildman–Crippen LogP) is 6.16. The van der Waals surface area contributed by atoms with Gasteiger partial charge in [0, 0.05) is 5.56 Å². The number of hydrogen-bond acceptors (Lipinski definition) is 5. The van der Waals surface area contributed by atoms with E-state index in [9.17, 15) is 19.1 Å². The van der Waals surface area contributed by atoms with E-state index in [1.54, 1.807) is 26.0 Å². The van der Waals surface area contributed by atoms with E-state index in [1.807, 2.05) is 48.5 Å². The van der Waals surface area contributed by atoms with Crippen molar-refractivity contribution in [2.24, 2.45) is 0 Å². The molecule has 198 valence electrons. The number of amides is 1. The normalized spacial score (nSPS) is 14.8. The lowest BCUT2D eigenvalue weighted by Gasteiger charge is -2.19. The van der Waals surface area contributed by atoms with Crippen LogP contribution in [0.5, 0.6) is 0 Å². The number of rotatable bonds is 8. The van der Waals surface area contributed by atoms with Crippen LogP contribution in [0.3, 0.4) is 0 Å². The lowest BCUT2D eigenvalue weighted by molar-refractivity contribution is -0.140. The summed E-state index contributed by atoms with van der Waals surface area (Å²) in [5.41, 5.74) is 1.53. The van der Waals surface area contributed by atoms with E-state index in [0.29, 0.717) is 41.1 Å². The number of anilines is 1. The SMILES string of the molecule is [B]C([B])(F)c1cccc([C@@H](C)OC(=O)Nc2c(C)noc2-c2ccc(-c3ccc(C4(C(=O)O)CC4)cc3)cc2)c1. The Labute approximate surface area is 233 Å². The van der Waals surface area contributed by atoms with Crippen LogP contribution in [0.1, 0.15) is 48.3 Å². The topological polar surface area (TPSA) is 102 Å². The number of carboxylic acids is 1. The van der Waals surface area contributed by atoms with Crippen LogP contribution < -0.4 is 5.32 Å². The number of nitrogens with zero attached hydrogens (tertiary/aromatic N) is 1. The maximum absolute atomic E-state index is 13.9. The zero-order chi connectivity index (χ0) is 28.7. The summed E-state index contributed by atoms with van der Waals surface area (Å²) in [5.74, 6) is -0.424. The molecular formula is C30H25B2FN2O5. The van der Waals surface area contributed by atoms with Gasteiger partial charge in [-0.2, -0.15) is 0 Å². The summed E-state index contributed by atoms with van der Waals surface area (Å²) in [6.45, 7) is 3.34. The number of carbonyl (C=O) groups is 2. The summed E-state index contributed by atoms with van der Waals surface area (Å²) in [4.78, 5) is 24.3. The van der Waals surface area contributed by atoms with Crippen molar-refractivity contribution in [1.82, 2.24) is 5.16 Å². The third-order valence-corrected chi connectivity index (χ3v) is 7.25. The zero-order valence-electron chi connectivity index (χ0n) is 22.0. The number of carboxylic acid groups (broad SMARTS) is 1. The molecule has 0 unspecified atom stereocenters. The molecule has 3 aromatic carbocycles. The predicted molar refractivity (Wildman–Crippen MR) is 150 cm³/mol. The molecule has 1 saturated carbocycles. The fourth-order valence-electron chi connectivity index (χ4n) is 4.65. The molecule has 1 heterocycles. The average molecular weight is 534 g/mol. The van der Waals surface area contributed by atoms with Crippen molar-refractivity contribution in [1.29, 1.82) is 0 Å². The smallest absolute Gasteiger partial charge is 0.412 e. The molecule has 1 aliphatic rings. The molecule has 1 aliphatic carbocycles. The minimum Gasteiger partial charge on any atom is -0.481 e. The van der Waals surface area contributed by atoms with Crippen LogP contribution in [0.2, 0.25) is 0 Å². The Bertz CT molecular complexity index is 1560. The average Bonchev–Trinajstić information content (AvgIpc) is 3.68. The van der Waals surface area contributed by atoms with Crippen molar-refractivity contribution in [3.63, 3.8) is 0 Å². The van der Waals surface area contributed by atoms with Gasteiger partial charge in [0.1, 0.15) is 33.2 Å². The van der Waals surface area contributed by atoms with Crippen molar-refractivity contribution in [3.8, 4) is 22.5 Å².